The van der Waals surface area contributed by atoms with Crippen LogP contribution in [-0.4, -0.2) is 11.5 Å². The highest BCUT2D eigenvalue weighted by Gasteiger charge is 2.22. The molecule has 0 aliphatic heterocycles. The molecule has 1 fully saturated rings. The molecule has 0 atom stereocenters. The quantitative estimate of drug-likeness (QED) is 0.740. The van der Waals surface area contributed by atoms with Crippen molar-refractivity contribution in [1.82, 2.24) is 10.3 Å². The highest BCUT2D eigenvalue weighted by atomic mass is 32.1. The Morgan fingerprint density at radius 1 is 1.29 bits per heavy atom. The third-order valence-corrected chi connectivity index (χ3v) is 5.46. The standard InChI is InChI=1S/C19H25N3OS/c1-5-20-19-12(3)16(10-24-19)18(14-6-7-14)21-9-15-13(4)22-11(2)8-17(15)23/h8,10,20-21H,5-7,9H2,1-4H3,(H,22,23). The Bertz CT molecular complexity index is 839. The van der Waals surface area contributed by atoms with Gasteiger partial charge in [-0.25, -0.2) is 0 Å². The average Bonchev–Trinajstić information content (AvgIpc) is 3.29. The number of anilines is 1. The summed E-state index contributed by atoms with van der Waals surface area (Å²) in [6.45, 7) is 9.65. The molecule has 2 heterocycles. The molecule has 1 saturated carbocycles. The number of pyridine rings is 1. The van der Waals surface area contributed by atoms with E-state index in [1.54, 1.807) is 17.4 Å². The van der Waals surface area contributed by atoms with E-state index < -0.39 is 0 Å². The fraction of sp³-hybridized carbons (Fsp3) is 0.421. The first-order chi connectivity index (χ1) is 11.5. The van der Waals surface area contributed by atoms with Gasteiger partial charge in [-0.1, -0.05) is 0 Å². The van der Waals surface area contributed by atoms with Gasteiger partial charge in [0, 0.05) is 52.7 Å². The summed E-state index contributed by atoms with van der Waals surface area (Å²) in [5.74, 6) is 0. The molecule has 3 rings (SSSR count). The van der Waals surface area contributed by atoms with Crippen molar-refractivity contribution in [2.45, 2.75) is 47.1 Å². The number of aryl methyl sites for hydroxylation is 2. The van der Waals surface area contributed by atoms with Crippen molar-refractivity contribution in [3.8, 4) is 0 Å². The topological polar surface area (TPSA) is 56.9 Å². The SMILES string of the molecule is CCNc1scc(C(NCc2c(C)[nH]c(C)cc2=O)=C2CC2)c1C. The molecule has 3 N–H and O–H groups in total. The van der Waals surface area contributed by atoms with Crippen LogP contribution in [0.2, 0.25) is 0 Å². The minimum atomic E-state index is 0.103. The summed E-state index contributed by atoms with van der Waals surface area (Å²) in [7, 11) is 0. The second kappa shape index (κ2) is 6.85. The van der Waals surface area contributed by atoms with Crippen molar-refractivity contribution in [2.75, 3.05) is 11.9 Å². The zero-order valence-corrected chi connectivity index (χ0v) is 15.6. The fourth-order valence-corrected chi connectivity index (χ4v) is 4.04. The third-order valence-electron chi connectivity index (χ3n) is 4.42. The molecule has 0 amide bonds. The number of nitrogens with one attached hydrogen (secondary N) is 3. The van der Waals surface area contributed by atoms with E-state index in [0.717, 1.165) is 36.3 Å². The van der Waals surface area contributed by atoms with Gasteiger partial charge in [0.15, 0.2) is 5.43 Å². The van der Waals surface area contributed by atoms with E-state index in [1.165, 1.54) is 27.4 Å². The number of hydrogen-bond acceptors (Lipinski definition) is 4. The van der Waals surface area contributed by atoms with E-state index in [4.69, 9.17) is 0 Å². The molecular weight excluding hydrogens is 318 g/mol. The fourth-order valence-electron chi connectivity index (χ4n) is 2.99. The average molecular weight is 343 g/mol. The number of allylic oxidation sites excluding steroid dienone is 1. The van der Waals surface area contributed by atoms with Gasteiger partial charge >= 0.3 is 0 Å². The van der Waals surface area contributed by atoms with Crippen molar-refractivity contribution < 1.29 is 0 Å². The number of aromatic amines is 1. The van der Waals surface area contributed by atoms with E-state index in [9.17, 15) is 4.79 Å². The molecule has 128 valence electrons. The first kappa shape index (κ1) is 16.8. The van der Waals surface area contributed by atoms with Crippen LogP contribution in [0.4, 0.5) is 5.00 Å². The number of aromatic nitrogens is 1. The van der Waals surface area contributed by atoms with Crippen LogP contribution in [0.5, 0.6) is 0 Å². The molecule has 2 aromatic heterocycles. The van der Waals surface area contributed by atoms with Gasteiger partial charge in [0.2, 0.25) is 0 Å². The zero-order chi connectivity index (χ0) is 17.3. The number of thiophene rings is 1. The lowest BCUT2D eigenvalue weighted by molar-refractivity contribution is 0.853. The van der Waals surface area contributed by atoms with E-state index in [-0.39, 0.29) is 5.43 Å². The molecule has 2 aromatic rings. The molecule has 0 saturated heterocycles. The maximum Gasteiger partial charge on any atom is 0.187 e. The molecule has 5 heteroatoms. The van der Waals surface area contributed by atoms with Crippen LogP contribution < -0.4 is 16.1 Å². The normalized spacial score (nSPS) is 13.1. The lowest BCUT2D eigenvalue weighted by Gasteiger charge is -2.13. The first-order valence-electron chi connectivity index (χ1n) is 8.48. The van der Waals surface area contributed by atoms with E-state index in [2.05, 4.69) is 34.8 Å². The van der Waals surface area contributed by atoms with Crippen LogP contribution >= 0.6 is 11.3 Å². The summed E-state index contributed by atoms with van der Waals surface area (Å²) in [6.07, 6.45) is 2.30. The summed E-state index contributed by atoms with van der Waals surface area (Å²) >= 11 is 1.75. The zero-order valence-electron chi connectivity index (χ0n) is 14.8. The predicted octanol–water partition coefficient (Wildman–Crippen LogP) is 4.09. The molecule has 24 heavy (non-hydrogen) atoms. The molecular formula is C19H25N3OS. The van der Waals surface area contributed by atoms with Crippen LogP contribution in [0.3, 0.4) is 0 Å². The van der Waals surface area contributed by atoms with Gasteiger partial charge in [-0.2, -0.15) is 0 Å². The Kier molecular flexibility index (Phi) is 4.81. The number of rotatable bonds is 6. The highest BCUT2D eigenvalue weighted by Crippen LogP contribution is 2.39. The molecule has 0 radical (unpaired) electrons. The molecule has 0 bridgehead atoms. The van der Waals surface area contributed by atoms with Gasteiger partial charge < -0.3 is 15.6 Å². The number of hydrogen-bond donors (Lipinski definition) is 3. The monoisotopic (exact) mass is 343 g/mol. The smallest absolute Gasteiger partial charge is 0.187 e. The van der Waals surface area contributed by atoms with Crippen LogP contribution in [0.15, 0.2) is 21.8 Å². The second-order valence-corrected chi connectivity index (χ2v) is 7.27. The van der Waals surface area contributed by atoms with Crippen LogP contribution in [0.1, 0.15) is 47.8 Å². The van der Waals surface area contributed by atoms with Crippen LogP contribution in [0.25, 0.3) is 5.70 Å². The van der Waals surface area contributed by atoms with Gasteiger partial charge in [0.25, 0.3) is 0 Å². The summed E-state index contributed by atoms with van der Waals surface area (Å²) in [5.41, 5.74) is 8.01. The van der Waals surface area contributed by atoms with Crippen molar-refractivity contribution in [3.05, 3.63) is 55.3 Å². The van der Waals surface area contributed by atoms with Gasteiger partial charge in [-0.15, -0.1) is 11.3 Å². The molecule has 0 aromatic carbocycles. The van der Waals surface area contributed by atoms with Crippen LogP contribution in [-0.2, 0) is 6.54 Å². The lowest BCUT2D eigenvalue weighted by Crippen LogP contribution is -2.21. The van der Waals surface area contributed by atoms with E-state index in [1.807, 2.05) is 13.8 Å². The van der Waals surface area contributed by atoms with Crippen molar-refractivity contribution in [2.24, 2.45) is 0 Å². The highest BCUT2D eigenvalue weighted by molar-refractivity contribution is 7.14. The maximum atomic E-state index is 12.3. The van der Waals surface area contributed by atoms with Crippen molar-refractivity contribution in [3.63, 3.8) is 0 Å². The summed E-state index contributed by atoms with van der Waals surface area (Å²) in [4.78, 5) is 15.5. The number of H-pyrrole nitrogens is 1. The minimum absolute atomic E-state index is 0.103. The molecule has 1 aliphatic carbocycles. The third kappa shape index (κ3) is 3.41. The largest absolute Gasteiger partial charge is 0.380 e. The Hall–Kier alpha value is -2.01. The molecule has 1 aliphatic rings. The Morgan fingerprint density at radius 3 is 2.67 bits per heavy atom. The van der Waals surface area contributed by atoms with Gasteiger partial charge in [-0.05, 0) is 51.7 Å². The van der Waals surface area contributed by atoms with Crippen molar-refractivity contribution in [1.29, 1.82) is 0 Å². The van der Waals surface area contributed by atoms with Crippen LogP contribution in [0, 0.1) is 20.8 Å². The molecule has 0 spiro atoms. The summed E-state index contributed by atoms with van der Waals surface area (Å²) in [6, 6.07) is 1.67. The Labute approximate surface area is 147 Å². The maximum absolute atomic E-state index is 12.3. The van der Waals surface area contributed by atoms with Gasteiger partial charge in [-0.3, -0.25) is 4.79 Å². The van der Waals surface area contributed by atoms with Gasteiger partial charge in [0.1, 0.15) is 0 Å². The lowest BCUT2D eigenvalue weighted by atomic mass is 10.1. The molecule has 0 unspecified atom stereocenters. The summed E-state index contributed by atoms with van der Waals surface area (Å²) < 4.78 is 0. The van der Waals surface area contributed by atoms with Crippen molar-refractivity contribution >= 4 is 22.0 Å². The Morgan fingerprint density at radius 2 is 2.04 bits per heavy atom. The van der Waals surface area contributed by atoms with E-state index >= 15 is 0 Å². The minimum Gasteiger partial charge on any atom is -0.380 e. The van der Waals surface area contributed by atoms with E-state index in [0.29, 0.717) is 6.54 Å². The first-order valence-corrected chi connectivity index (χ1v) is 9.36. The second-order valence-electron chi connectivity index (χ2n) is 6.39. The van der Waals surface area contributed by atoms with Gasteiger partial charge in [0.05, 0.1) is 5.00 Å². The molecule has 4 nitrogen and oxygen atoms in total. The predicted molar refractivity (Wildman–Crippen MR) is 103 cm³/mol. The summed E-state index contributed by atoms with van der Waals surface area (Å²) in [5, 5.41) is 10.4. The Balaban J connectivity index is 1.85.